The van der Waals surface area contributed by atoms with E-state index in [1.54, 1.807) is 0 Å². The van der Waals surface area contributed by atoms with Crippen molar-refractivity contribution in [2.24, 2.45) is 0 Å². The third-order valence-electron chi connectivity index (χ3n) is 4.42. The van der Waals surface area contributed by atoms with Crippen molar-refractivity contribution in [3.8, 4) is 0 Å². The lowest BCUT2D eigenvalue weighted by atomic mass is 9.95. The predicted octanol–water partition coefficient (Wildman–Crippen LogP) is 1.95. The highest BCUT2D eigenvalue weighted by Crippen LogP contribution is 2.33. The van der Waals surface area contributed by atoms with E-state index in [2.05, 4.69) is 20.0 Å². The Balaban J connectivity index is 1.91. The second-order valence-electron chi connectivity index (χ2n) is 6.17. The van der Waals surface area contributed by atoms with Crippen LogP contribution < -0.4 is 10.6 Å². The maximum atomic E-state index is 12.7. The van der Waals surface area contributed by atoms with Crippen molar-refractivity contribution >= 4 is 32.5 Å². The Kier molecular flexibility index (Phi) is 4.47. The van der Waals surface area contributed by atoms with Gasteiger partial charge in [0.15, 0.2) is 20.2 Å². The zero-order chi connectivity index (χ0) is 19.2. The number of hydrogen-bond donors (Lipinski definition) is 2. The Hall–Kier alpha value is -2.14. The highest BCUT2D eigenvalue weighted by molar-refractivity contribution is 7.92. The molecule has 1 aliphatic heterocycles. The summed E-state index contributed by atoms with van der Waals surface area (Å²) >= 11 is 0. The van der Waals surface area contributed by atoms with Gasteiger partial charge in [-0.3, -0.25) is 4.79 Å². The average Bonchev–Trinajstić information content (AvgIpc) is 2.98. The number of alkyl halides is 3. The SMILES string of the molecule is CS(=O)(=O)C1(C(=O)Nc2ccc3oc(C(F)(F)F)nc3c2)CCNCC1. The summed E-state index contributed by atoms with van der Waals surface area (Å²) in [4.78, 5) is 16.1. The first-order valence-electron chi connectivity index (χ1n) is 7.72. The molecule has 1 amide bonds. The van der Waals surface area contributed by atoms with Crippen molar-refractivity contribution in [1.82, 2.24) is 10.3 Å². The monoisotopic (exact) mass is 391 g/mol. The first-order valence-corrected chi connectivity index (χ1v) is 9.62. The molecule has 1 fully saturated rings. The quantitative estimate of drug-likeness (QED) is 0.829. The molecule has 0 saturated carbocycles. The van der Waals surface area contributed by atoms with Gasteiger partial charge in [0.05, 0.1) is 0 Å². The summed E-state index contributed by atoms with van der Waals surface area (Å²) in [5, 5.41) is 5.49. The number of carbonyl (C=O) groups is 1. The van der Waals surface area contributed by atoms with Crippen molar-refractivity contribution < 1.29 is 30.8 Å². The van der Waals surface area contributed by atoms with E-state index in [1.807, 2.05) is 0 Å². The molecule has 7 nitrogen and oxygen atoms in total. The van der Waals surface area contributed by atoms with E-state index in [0.717, 1.165) is 6.26 Å². The zero-order valence-electron chi connectivity index (χ0n) is 13.7. The number of oxazole rings is 1. The van der Waals surface area contributed by atoms with Gasteiger partial charge in [-0.1, -0.05) is 0 Å². The largest absolute Gasteiger partial charge is 0.468 e. The van der Waals surface area contributed by atoms with Crippen molar-refractivity contribution in [3.63, 3.8) is 0 Å². The summed E-state index contributed by atoms with van der Waals surface area (Å²) in [5.41, 5.74) is -0.0325. The number of aromatic nitrogens is 1. The van der Waals surface area contributed by atoms with Crippen LogP contribution in [0.3, 0.4) is 0 Å². The van der Waals surface area contributed by atoms with Crippen LogP contribution in [-0.4, -0.2) is 43.4 Å². The predicted molar refractivity (Wildman–Crippen MR) is 87.3 cm³/mol. The number of halogens is 3. The maximum Gasteiger partial charge on any atom is 0.468 e. The number of piperidine rings is 1. The van der Waals surface area contributed by atoms with Gasteiger partial charge < -0.3 is 15.1 Å². The summed E-state index contributed by atoms with van der Waals surface area (Å²) in [6, 6.07) is 3.79. The highest BCUT2D eigenvalue weighted by Gasteiger charge is 2.48. The minimum Gasteiger partial charge on any atom is -0.433 e. The highest BCUT2D eigenvalue weighted by atomic mass is 32.2. The molecular weight excluding hydrogens is 375 g/mol. The fourth-order valence-corrected chi connectivity index (χ4v) is 4.30. The van der Waals surface area contributed by atoms with Crippen LogP contribution in [0.2, 0.25) is 0 Å². The molecule has 0 aliphatic carbocycles. The van der Waals surface area contributed by atoms with Gasteiger partial charge >= 0.3 is 12.1 Å². The van der Waals surface area contributed by atoms with E-state index in [9.17, 15) is 26.4 Å². The summed E-state index contributed by atoms with van der Waals surface area (Å²) in [6.07, 6.45) is -3.49. The van der Waals surface area contributed by atoms with E-state index in [-0.39, 0.29) is 29.6 Å². The zero-order valence-corrected chi connectivity index (χ0v) is 14.5. The number of carbonyl (C=O) groups excluding carboxylic acids is 1. The lowest BCUT2D eigenvalue weighted by Gasteiger charge is -2.34. The number of fused-ring (bicyclic) bond motifs is 1. The molecule has 0 atom stereocenters. The molecule has 11 heteroatoms. The molecule has 2 aromatic rings. The second kappa shape index (κ2) is 6.23. The lowest BCUT2D eigenvalue weighted by Crippen LogP contribution is -2.55. The summed E-state index contributed by atoms with van der Waals surface area (Å²) < 4.78 is 65.5. The second-order valence-corrected chi connectivity index (χ2v) is 8.50. The topological polar surface area (TPSA) is 101 Å². The van der Waals surface area contributed by atoms with Crippen LogP contribution in [0, 0.1) is 0 Å². The first kappa shape index (κ1) is 18.6. The van der Waals surface area contributed by atoms with E-state index < -0.39 is 32.6 Å². The Labute approximate surface area is 146 Å². The van der Waals surface area contributed by atoms with Gasteiger partial charge in [-0.15, -0.1) is 0 Å². The molecule has 1 aliphatic rings. The number of anilines is 1. The number of nitrogens with one attached hydrogen (secondary N) is 2. The number of nitrogens with zero attached hydrogens (tertiary/aromatic N) is 1. The summed E-state index contributed by atoms with van der Waals surface area (Å²) in [6.45, 7) is 0.746. The molecule has 0 bridgehead atoms. The number of hydrogen-bond acceptors (Lipinski definition) is 6. The standard InChI is InChI=1S/C15H16F3N3O4S/c1-26(23,24)14(4-6-19-7-5-14)12(22)20-9-2-3-11-10(8-9)21-13(25-11)15(16,17)18/h2-3,8,19H,4-7H2,1H3,(H,20,22). The normalized spacial score (nSPS) is 18.0. The summed E-state index contributed by atoms with van der Waals surface area (Å²) in [7, 11) is -3.70. The van der Waals surface area contributed by atoms with Gasteiger partial charge in [-0.25, -0.2) is 13.4 Å². The molecule has 1 aromatic carbocycles. The lowest BCUT2D eigenvalue weighted by molar-refractivity contribution is -0.156. The number of benzene rings is 1. The maximum absolute atomic E-state index is 12.7. The minimum absolute atomic E-state index is 0.0879. The van der Waals surface area contributed by atoms with Crippen LogP contribution in [0.15, 0.2) is 22.6 Å². The number of sulfone groups is 1. The van der Waals surface area contributed by atoms with Crippen molar-refractivity contribution in [3.05, 3.63) is 24.1 Å². The number of rotatable bonds is 3. The van der Waals surface area contributed by atoms with Crippen LogP contribution in [0.25, 0.3) is 11.1 Å². The van der Waals surface area contributed by atoms with Gasteiger partial charge in [0, 0.05) is 11.9 Å². The van der Waals surface area contributed by atoms with Gasteiger partial charge in [0.1, 0.15) is 5.52 Å². The van der Waals surface area contributed by atoms with E-state index in [1.165, 1.54) is 18.2 Å². The molecule has 0 radical (unpaired) electrons. The number of amides is 1. The Bertz CT molecular complexity index is 947. The Morgan fingerprint density at radius 1 is 1.31 bits per heavy atom. The summed E-state index contributed by atoms with van der Waals surface area (Å²) in [5.74, 6) is -2.10. The third-order valence-corrected chi connectivity index (χ3v) is 6.44. The smallest absolute Gasteiger partial charge is 0.433 e. The van der Waals surface area contributed by atoms with Gasteiger partial charge in [0.2, 0.25) is 5.91 Å². The first-order chi connectivity index (χ1) is 12.0. The van der Waals surface area contributed by atoms with E-state index >= 15 is 0 Å². The van der Waals surface area contributed by atoms with E-state index in [4.69, 9.17) is 0 Å². The Morgan fingerprint density at radius 3 is 2.54 bits per heavy atom. The molecule has 26 heavy (non-hydrogen) atoms. The van der Waals surface area contributed by atoms with Gasteiger partial charge in [-0.2, -0.15) is 13.2 Å². The minimum atomic E-state index is -4.72. The van der Waals surface area contributed by atoms with Crippen LogP contribution in [0.5, 0.6) is 0 Å². The molecular formula is C15H16F3N3O4S. The molecule has 3 rings (SSSR count). The van der Waals surface area contributed by atoms with Crippen molar-refractivity contribution in [2.45, 2.75) is 23.8 Å². The molecule has 0 spiro atoms. The average molecular weight is 391 g/mol. The molecule has 1 aromatic heterocycles. The van der Waals surface area contributed by atoms with Crippen LogP contribution in [0.4, 0.5) is 18.9 Å². The van der Waals surface area contributed by atoms with Gasteiger partial charge in [0.25, 0.3) is 0 Å². The van der Waals surface area contributed by atoms with Crippen molar-refractivity contribution in [1.29, 1.82) is 0 Å². The molecule has 1 saturated heterocycles. The van der Waals surface area contributed by atoms with Crippen molar-refractivity contribution in [2.75, 3.05) is 24.7 Å². The fourth-order valence-electron chi connectivity index (χ4n) is 2.97. The fraction of sp³-hybridized carbons (Fsp3) is 0.467. The third kappa shape index (κ3) is 3.28. The molecule has 2 N–H and O–H groups in total. The van der Waals surface area contributed by atoms with E-state index in [0.29, 0.717) is 13.1 Å². The molecule has 2 heterocycles. The Morgan fingerprint density at radius 2 is 1.96 bits per heavy atom. The van der Waals surface area contributed by atoms with Crippen LogP contribution >= 0.6 is 0 Å². The van der Waals surface area contributed by atoms with Crippen LogP contribution in [0.1, 0.15) is 18.7 Å². The molecule has 0 unspecified atom stereocenters. The van der Waals surface area contributed by atoms with Crippen LogP contribution in [-0.2, 0) is 20.8 Å². The van der Waals surface area contributed by atoms with Gasteiger partial charge in [-0.05, 0) is 44.1 Å². The molecule has 142 valence electrons.